The van der Waals surface area contributed by atoms with Gasteiger partial charge in [-0.3, -0.25) is 9.10 Å². The topological polar surface area (TPSA) is 84.9 Å². The van der Waals surface area contributed by atoms with Crippen LogP contribution in [0.3, 0.4) is 0 Å². The van der Waals surface area contributed by atoms with E-state index >= 15 is 0 Å². The maximum Gasteiger partial charge on any atom is 0.263 e. The molecule has 0 aliphatic carbocycles. The van der Waals surface area contributed by atoms with Crippen LogP contribution in [0.4, 0.5) is 5.69 Å². The van der Waals surface area contributed by atoms with E-state index in [-0.39, 0.29) is 24.1 Å². The number of nitrogens with zero attached hydrogens (tertiary/aromatic N) is 1. The highest BCUT2D eigenvalue weighted by Crippen LogP contribution is 2.43. The number of carbonyl (C=O) groups excluding carboxylic acids is 1. The highest BCUT2D eigenvalue weighted by molar-refractivity contribution is 7.92. The molecule has 172 valence electrons. The Labute approximate surface area is 189 Å². The number of sulfonamides is 1. The van der Waals surface area contributed by atoms with Crippen LogP contribution >= 0.6 is 0 Å². The van der Waals surface area contributed by atoms with E-state index in [9.17, 15) is 13.2 Å². The predicted molar refractivity (Wildman–Crippen MR) is 124 cm³/mol. The molecule has 1 amide bonds. The number of amides is 1. The van der Waals surface area contributed by atoms with Crippen molar-refractivity contribution in [2.24, 2.45) is 0 Å². The molecule has 0 spiro atoms. The minimum absolute atomic E-state index is 0.0711. The van der Waals surface area contributed by atoms with Crippen LogP contribution in [0.15, 0.2) is 42.5 Å². The lowest BCUT2D eigenvalue weighted by Gasteiger charge is -2.42. The summed E-state index contributed by atoms with van der Waals surface area (Å²) in [5, 5.41) is 3.12. The van der Waals surface area contributed by atoms with E-state index in [1.165, 1.54) is 4.31 Å². The van der Waals surface area contributed by atoms with Gasteiger partial charge in [-0.15, -0.1) is 0 Å². The van der Waals surface area contributed by atoms with Gasteiger partial charge in [0.2, 0.25) is 10.0 Å². The molecule has 8 heteroatoms. The Balaban J connectivity index is 1.62. The maximum atomic E-state index is 13.3. The van der Waals surface area contributed by atoms with Crippen molar-refractivity contribution in [3.63, 3.8) is 0 Å². The first-order valence-corrected chi connectivity index (χ1v) is 12.8. The molecule has 0 fully saturated rings. The molecule has 0 bridgehead atoms. The standard InChI is InChI=1S/C24H30N2O5S/c1-5-24(6-2)14-18(17-9-7-8-10-20(17)31-24)25-23(27)22-15-26(32(4,28)29)19-12-11-16(3)13-21(19)30-22/h7-13,18,22H,5-6,14-15H2,1-4H3,(H,25,27)/t18-,22+/m0/s1. The fraction of sp³-hybridized carbons (Fsp3) is 0.458. The predicted octanol–water partition coefficient (Wildman–Crippen LogP) is 3.72. The highest BCUT2D eigenvalue weighted by Gasteiger charge is 2.41. The zero-order chi connectivity index (χ0) is 23.1. The first-order valence-electron chi connectivity index (χ1n) is 11.0. The second-order valence-electron chi connectivity index (χ2n) is 8.67. The molecule has 0 saturated carbocycles. The van der Waals surface area contributed by atoms with Gasteiger partial charge in [0, 0.05) is 12.0 Å². The third-order valence-corrected chi connectivity index (χ3v) is 7.63. The number of hydrogen-bond acceptors (Lipinski definition) is 5. The van der Waals surface area contributed by atoms with Crippen molar-refractivity contribution in [3.05, 3.63) is 53.6 Å². The van der Waals surface area contributed by atoms with Crippen LogP contribution < -0.4 is 19.1 Å². The van der Waals surface area contributed by atoms with E-state index < -0.39 is 16.1 Å². The van der Waals surface area contributed by atoms with E-state index in [0.717, 1.165) is 36.0 Å². The van der Waals surface area contributed by atoms with Crippen LogP contribution in [0.25, 0.3) is 0 Å². The Morgan fingerprint density at radius 3 is 2.56 bits per heavy atom. The number of aryl methyl sites for hydroxylation is 1. The van der Waals surface area contributed by atoms with Crippen molar-refractivity contribution in [2.75, 3.05) is 17.1 Å². The Morgan fingerprint density at radius 2 is 1.88 bits per heavy atom. The number of ether oxygens (including phenoxy) is 2. The molecule has 0 unspecified atom stereocenters. The number of hydrogen-bond donors (Lipinski definition) is 1. The second kappa shape index (κ2) is 8.31. The Kier molecular flexibility index (Phi) is 5.83. The van der Waals surface area contributed by atoms with E-state index in [4.69, 9.17) is 9.47 Å². The summed E-state index contributed by atoms with van der Waals surface area (Å²) in [5.74, 6) is 0.829. The average Bonchev–Trinajstić information content (AvgIpc) is 2.77. The van der Waals surface area contributed by atoms with Crippen molar-refractivity contribution in [2.45, 2.75) is 57.8 Å². The van der Waals surface area contributed by atoms with Gasteiger partial charge in [-0.25, -0.2) is 8.42 Å². The number of anilines is 1. The fourth-order valence-corrected chi connectivity index (χ4v) is 5.42. The third-order valence-electron chi connectivity index (χ3n) is 6.48. The number of fused-ring (bicyclic) bond motifs is 2. The van der Waals surface area contributed by atoms with Crippen molar-refractivity contribution in [3.8, 4) is 11.5 Å². The maximum absolute atomic E-state index is 13.3. The van der Waals surface area contributed by atoms with Crippen LogP contribution in [0, 0.1) is 6.92 Å². The molecule has 0 saturated heterocycles. The summed E-state index contributed by atoms with van der Waals surface area (Å²) in [5.41, 5.74) is 1.94. The van der Waals surface area contributed by atoms with Gasteiger partial charge < -0.3 is 14.8 Å². The van der Waals surface area contributed by atoms with Crippen LogP contribution in [0.2, 0.25) is 0 Å². The molecule has 32 heavy (non-hydrogen) atoms. The molecule has 2 atom stereocenters. The van der Waals surface area contributed by atoms with Crippen LogP contribution in [0.5, 0.6) is 11.5 Å². The summed E-state index contributed by atoms with van der Waals surface area (Å²) < 4.78 is 38.4. The molecule has 4 rings (SSSR count). The van der Waals surface area contributed by atoms with Gasteiger partial charge in [0.1, 0.15) is 17.1 Å². The van der Waals surface area contributed by atoms with Crippen LogP contribution in [-0.4, -0.2) is 38.8 Å². The summed E-state index contributed by atoms with van der Waals surface area (Å²) in [6, 6.07) is 12.8. The zero-order valence-corrected chi connectivity index (χ0v) is 19.7. The molecule has 0 radical (unpaired) electrons. The zero-order valence-electron chi connectivity index (χ0n) is 18.9. The molecular formula is C24H30N2O5S. The van der Waals surface area contributed by atoms with Gasteiger partial charge in [-0.1, -0.05) is 38.1 Å². The van der Waals surface area contributed by atoms with Crippen molar-refractivity contribution in [1.82, 2.24) is 5.32 Å². The van der Waals surface area contributed by atoms with E-state index in [1.54, 1.807) is 12.1 Å². The number of nitrogens with one attached hydrogen (secondary N) is 1. The Hall–Kier alpha value is -2.74. The Morgan fingerprint density at radius 1 is 1.16 bits per heavy atom. The van der Waals surface area contributed by atoms with Crippen LogP contribution in [0.1, 0.15) is 50.3 Å². The molecule has 2 aromatic rings. The molecule has 7 nitrogen and oxygen atoms in total. The average molecular weight is 459 g/mol. The molecule has 2 aliphatic rings. The molecule has 0 aromatic heterocycles. The van der Waals surface area contributed by atoms with E-state index in [2.05, 4.69) is 19.2 Å². The minimum Gasteiger partial charge on any atom is -0.487 e. The fourth-order valence-electron chi connectivity index (χ4n) is 4.51. The number of para-hydroxylation sites is 1. The smallest absolute Gasteiger partial charge is 0.263 e. The third kappa shape index (κ3) is 4.16. The van der Waals surface area contributed by atoms with E-state index in [1.807, 2.05) is 37.3 Å². The highest BCUT2D eigenvalue weighted by atomic mass is 32.2. The number of benzene rings is 2. The number of carbonyl (C=O) groups is 1. The first-order chi connectivity index (χ1) is 15.2. The van der Waals surface area contributed by atoms with E-state index in [0.29, 0.717) is 17.9 Å². The largest absolute Gasteiger partial charge is 0.487 e. The van der Waals surface area contributed by atoms with Crippen molar-refractivity contribution < 1.29 is 22.7 Å². The summed E-state index contributed by atoms with van der Waals surface area (Å²) in [6.45, 7) is 6.00. The summed E-state index contributed by atoms with van der Waals surface area (Å²) in [6.07, 6.45) is 2.47. The monoisotopic (exact) mass is 458 g/mol. The lowest BCUT2D eigenvalue weighted by atomic mass is 9.83. The summed E-state index contributed by atoms with van der Waals surface area (Å²) in [4.78, 5) is 13.3. The molecule has 2 aromatic carbocycles. The second-order valence-corrected chi connectivity index (χ2v) is 10.6. The minimum atomic E-state index is -3.57. The van der Waals surface area contributed by atoms with Gasteiger partial charge in [-0.2, -0.15) is 0 Å². The molecule has 1 N–H and O–H groups in total. The SMILES string of the molecule is CCC1(CC)C[C@H](NC(=O)[C@H]2CN(S(C)(=O)=O)c3ccc(C)cc3O2)c2ccccc2O1. The molecule has 2 aliphatic heterocycles. The van der Waals surface area contributed by atoms with Crippen molar-refractivity contribution in [1.29, 1.82) is 0 Å². The van der Waals surface area contributed by atoms with Gasteiger partial charge in [0.25, 0.3) is 5.91 Å². The lowest BCUT2D eigenvalue weighted by Crippen LogP contribution is -2.52. The van der Waals surface area contributed by atoms with Gasteiger partial charge in [-0.05, 0) is 43.5 Å². The van der Waals surface area contributed by atoms with Gasteiger partial charge >= 0.3 is 0 Å². The molecular weight excluding hydrogens is 428 g/mol. The molecule has 2 heterocycles. The van der Waals surface area contributed by atoms with Gasteiger partial charge in [0.15, 0.2) is 6.10 Å². The van der Waals surface area contributed by atoms with Gasteiger partial charge in [0.05, 0.1) is 24.5 Å². The normalized spacial score (nSPS) is 21.6. The quantitative estimate of drug-likeness (QED) is 0.738. The summed E-state index contributed by atoms with van der Waals surface area (Å²) >= 11 is 0. The summed E-state index contributed by atoms with van der Waals surface area (Å²) in [7, 11) is -3.57. The van der Waals surface area contributed by atoms with Crippen LogP contribution in [-0.2, 0) is 14.8 Å². The number of rotatable bonds is 5. The lowest BCUT2D eigenvalue weighted by molar-refractivity contribution is -0.129. The van der Waals surface area contributed by atoms with Crippen molar-refractivity contribution >= 4 is 21.6 Å². The Bertz CT molecular complexity index is 1130. The first kappa shape index (κ1) is 22.5.